The molecule has 0 radical (unpaired) electrons. The summed E-state index contributed by atoms with van der Waals surface area (Å²) in [7, 11) is 0. The zero-order valence-corrected chi connectivity index (χ0v) is 14.7. The summed E-state index contributed by atoms with van der Waals surface area (Å²) in [5.41, 5.74) is 4.19. The van der Waals surface area contributed by atoms with Gasteiger partial charge in [0.15, 0.2) is 0 Å². The largest absolute Gasteiger partial charge is 0.344 e. The van der Waals surface area contributed by atoms with Gasteiger partial charge in [-0.15, -0.1) is 0 Å². The number of carbonyl (C=O) groups is 2. The van der Waals surface area contributed by atoms with Crippen LogP contribution in [0.15, 0.2) is 60.7 Å². The number of hydrogen-bond acceptors (Lipinski definition) is 3. The minimum absolute atomic E-state index is 0.304. The predicted octanol–water partition coefficient (Wildman–Crippen LogP) is 2.74. The molecule has 132 valence electrons. The van der Waals surface area contributed by atoms with Crippen molar-refractivity contribution in [2.24, 2.45) is 0 Å². The van der Waals surface area contributed by atoms with Crippen LogP contribution in [-0.4, -0.2) is 21.6 Å². The van der Waals surface area contributed by atoms with Gasteiger partial charge >= 0.3 is 11.8 Å². The highest BCUT2D eigenvalue weighted by Crippen LogP contribution is 2.16. The van der Waals surface area contributed by atoms with Crippen LogP contribution in [0.1, 0.15) is 17.0 Å². The van der Waals surface area contributed by atoms with Gasteiger partial charge in [0.2, 0.25) is 0 Å². The Morgan fingerprint density at radius 1 is 0.962 bits per heavy atom. The average Bonchev–Trinajstić information content (AvgIpc) is 2.99. The molecule has 1 heterocycles. The molecule has 0 saturated carbocycles. The molecule has 0 atom stereocenters. The number of rotatable bonds is 4. The van der Waals surface area contributed by atoms with Crippen LogP contribution >= 0.6 is 0 Å². The fraction of sp³-hybridized carbons (Fsp3) is 0.150. The zero-order valence-electron chi connectivity index (χ0n) is 14.7. The maximum Gasteiger partial charge on any atom is 0.313 e. The number of aromatic nitrogens is 2. The highest BCUT2D eigenvalue weighted by molar-refractivity contribution is 6.39. The molecule has 2 N–H and O–H groups in total. The molecule has 6 heteroatoms. The van der Waals surface area contributed by atoms with Crippen molar-refractivity contribution in [3.05, 3.63) is 77.6 Å². The van der Waals surface area contributed by atoms with E-state index in [-0.39, 0.29) is 0 Å². The Hall–Kier alpha value is -3.41. The summed E-state index contributed by atoms with van der Waals surface area (Å²) < 4.78 is 1.79. The Labute approximate surface area is 151 Å². The Bertz CT molecular complexity index is 932. The van der Waals surface area contributed by atoms with Crippen molar-refractivity contribution < 1.29 is 9.59 Å². The van der Waals surface area contributed by atoms with E-state index in [1.807, 2.05) is 62.4 Å². The standard InChI is InChI=1S/C20H20N4O2/c1-14-11-15(2)24(23-14)18-10-6-9-17(12-18)22-20(26)19(25)21-13-16-7-4-3-5-8-16/h3-12H,13H2,1-2H3,(H,21,25)(H,22,26). The topological polar surface area (TPSA) is 76.0 Å². The molecule has 0 fully saturated rings. The molecule has 1 aromatic heterocycles. The average molecular weight is 348 g/mol. The van der Waals surface area contributed by atoms with Gasteiger partial charge < -0.3 is 10.6 Å². The van der Waals surface area contributed by atoms with Crippen molar-refractivity contribution >= 4 is 17.5 Å². The Morgan fingerprint density at radius 3 is 2.42 bits per heavy atom. The summed E-state index contributed by atoms with van der Waals surface area (Å²) in [6.45, 7) is 4.19. The third-order valence-electron chi connectivity index (χ3n) is 3.86. The second kappa shape index (κ2) is 7.65. The highest BCUT2D eigenvalue weighted by Gasteiger charge is 2.14. The van der Waals surface area contributed by atoms with E-state index < -0.39 is 11.8 Å². The van der Waals surface area contributed by atoms with E-state index in [1.165, 1.54) is 0 Å². The van der Waals surface area contributed by atoms with E-state index in [0.29, 0.717) is 12.2 Å². The van der Waals surface area contributed by atoms with Gasteiger partial charge in [0.05, 0.1) is 11.4 Å². The van der Waals surface area contributed by atoms with Crippen molar-refractivity contribution in [1.29, 1.82) is 0 Å². The molecule has 0 aliphatic rings. The first kappa shape index (κ1) is 17.4. The van der Waals surface area contributed by atoms with Gasteiger partial charge in [-0.05, 0) is 43.7 Å². The van der Waals surface area contributed by atoms with Crippen LogP contribution in [0.3, 0.4) is 0 Å². The molecular formula is C20H20N4O2. The van der Waals surface area contributed by atoms with Crippen LogP contribution in [-0.2, 0) is 16.1 Å². The zero-order chi connectivity index (χ0) is 18.5. The molecule has 0 saturated heterocycles. The summed E-state index contributed by atoms with van der Waals surface area (Å²) >= 11 is 0. The summed E-state index contributed by atoms with van der Waals surface area (Å²) in [6.07, 6.45) is 0. The van der Waals surface area contributed by atoms with Gasteiger partial charge in [0, 0.05) is 17.9 Å². The van der Waals surface area contributed by atoms with E-state index in [0.717, 1.165) is 22.6 Å². The maximum atomic E-state index is 12.1. The van der Waals surface area contributed by atoms with Crippen LogP contribution in [0.4, 0.5) is 5.69 Å². The van der Waals surface area contributed by atoms with Gasteiger partial charge in [-0.3, -0.25) is 9.59 Å². The molecule has 0 unspecified atom stereocenters. The number of nitrogens with one attached hydrogen (secondary N) is 2. The molecule has 2 amide bonds. The van der Waals surface area contributed by atoms with Gasteiger partial charge in [0.25, 0.3) is 0 Å². The van der Waals surface area contributed by atoms with Gasteiger partial charge in [0.1, 0.15) is 0 Å². The van der Waals surface area contributed by atoms with Crippen molar-refractivity contribution in [3.63, 3.8) is 0 Å². The lowest BCUT2D eigenvalue weighted by Crippen LogP contribution is -2.34. The Balaban J connectivity index is 1.65. The van der Waals surface area contributed by atoms with Gasteiger partial charge in [-0.25, -0.2) is 4.68 Å². The molecule has 6 nitrogen and oxygen atoms in total. The summed E-state index contributed by atoms with van der Waals surface area (Å²) in [5.74, 6) is -1.38. The minimum Gasteiger partial charge on any atom is -0.344 e. The number of benzene rings is 2. The Morgan fingerprint density at radius 2 is 1.73 bits per heavy atom. The first-order valence-corrected chi connectivity index (χ1v) is 8.30. The third kappa shape index (κ3) is 4.16. The van der Waals surface area contributed by atoms with Crippen molar-refractivity contribution in [2.75, 3.05) is 5.32 Å². The molecule has 0 spiro atoms. The van der Waals surface area contributed by atoms with Crippen molar-refractivity contribution in [3.8, 4) is 5.69 Å². The molecule has 3 aromatic rings. The van der Waals surface area contributed by atoms with E-state index in [1.54, 1.807) is 16.8 Å². The quantitative estimate of drug-likeness (QED) is 0.712. The maximum absolute atomic E-state index is 12.1. The monoisotopic (exact) mass is 348 g/mol. The van der Waals surface area contributed by atoms with Crippen LogP contribution < -0.4 is 10.6 Å². The van der Waals surface area contributed by atoms with Crippen LogP contribution in [0, 0.1) is 13.8 Å². The second-order valence-corrected chi connectivity index (χ2v) is 6.01. The number of aryl methyl sites for hydroxylation is 2. The molecule has 3 rings (SSSR count). The van der Waals surface area contributed by atoms with Crippen molar-refractivity contribution in [1.82, 2.24) is 15.1 Å². The van der Waals surface area contributed by atoms with Crippen molar-refractivity contribution in [2.45, 2.75) is 20.4 Å². The SMILES string of the molecule is Cc1cc(C)n(-c2cccc(NC(=O)C(=O)NCc3ccccc3)c2)n1. The number of nitrogens with zero attached hydrogens (tertiary/aromatic N) is 2. The molecule has 0 bridgehead atoms. The van der Waals surface area contributed by atoms with Crippen LogP contribution in [0.25, 0.3) is 5.69 Å². The summed E-state index contributed by atoms with van der Waals surface area (Å²) in [6, 6.07) is 18.6. The molecule has 2 aromatic carbocycles. The third-order valence-corrected chi connectivity index (χ3v) is 3.86. The van der Waals surface area contributed by atoms with Crippen LogP contribution in [0.2, 0.25) is 0 Å². The first-order chi connectivity index (χ1) is 12.5. The Kier molecular flexibility index (Phi) is 5.12. The van der Waals surface area contributed by atoms with E-state index in [2.05, 4.69) is 15.7 Å². The molecule has 0 aliphatic heterocycles. The predicted molar refractivity (Wildman–Crippen MR) is 100.0 cm³/mol. The number of carbonyl (C=O) groups excluding carboxylic acids is 2. The number of hydrogen-bond donors (Lipinski definition) is 2. The fourth-order valence-corrected chi connectivity index (χ4v) is 2.65. The van der Waals surface area contributed by atoms with Crippen LogP contribution in [0.5, 0.6) is 0 Å². The number of anilines is 1. The van der Waals surface area contributed by atoms with E-state index in [4.69, 9.17) is 0 Å². The molecular weight excluding hydrogens is 328 g/mol. The second-order valence-electron chi connectivity index (χ2n) is 6.01. The van der Waals surface area contributed by atoms with Gasteiger partial charge in [-0.2, -0.15) is 5.10 Å². The molecule has 26 heavy (non-hydrogen) atoms. The summed E-state index contributed by atoms with van der Waals surface area (Å²) in [4.78, 5) is 24.1. The lowest BCUT2D eigenvalue weighted by molar-refractivity contribution is -0.136. The normalized spacial score (nSPS) is 10.4. The summed E-state index contributed by atoms with van der Waals surface area (Å²) in [5, 5.41) is 9.66. The highest BCUT2D eigenvalue weighted by atomic mass is 16.2. The minimum atomic E-state index is -0.702. The molecule has 0 aliphatic carbocycles. The fourth-order valence-electron chi connectivity index (χ4n) is 2.65. The number of amides is 2. The van der Waals surface area contributed by atoms with Gasteiger partial charge in [-0.1, -0.05) is 36.4 Å². The smallest absolute Gasteiger partial charge is 0.313 e. The van der Waals surface area contributed by atoms with E-state index in [9.17, 15) is 9.59 Å². The van der Waals surface area contributed by atoms with E-state index >= 15 is 0 Å². The lowest BCUT2D eigenvalue weighted by Gasteiger charge is -2.09. The first-order valence-electron chi connectivity index (χ1n) is 8.30. The lowest BCUT2D eigenvalue weighted by atomic mass is 10.2.